The van der Waals surface area contributed by atoms with Crippen molar-refractivity contribution in [2.75, 3.05) is 26.2 Å². The van der Waals surface area contributed by atoms with Gasteiger partial charge >= 0.3 is 0 Å². The molecule has 0 unspecified atom stereocenters. The molecule has 0 spiro atoms. The normalized spacial score (nSPS) is 17.9. The van der Waals surface area contributed by atoms with Gasteiger partial charge in [0.15, 0.2) is 0 Å². The van der Waals surface area contributed by atoms with Crippen molar-refractivity contribution in [2.24, 2.45) is 0 Å². The third-order valence-electron chi connectivity index (χ3n) is 3.07. The molecule has 1 aliphatic heterocycles. The second-order valence-corrected chi connectivity index (χ2v) is 4.49. The molecule has 1 aliphatic rings. The van der Waals surface area contributed by atoms with Crippen LogP contribution in [0.15, 0.2) is 30.9 Å². The van der Waals surface area contributed by atoms with E-state index in [0.717, 1.165) is 31.7 Å². The molecule has 1 N–H and O–H groups in total. The zero-order chi connectivity index (χ0) is 12.3. The molecule has 1 atom stereocenters. The molecule has 0 radical (unpaired) electrons. The highest BCUT2D eigenvalue weighted by atomic mass is 35.5. The minimum atomic E-state index is -0.369. The van der Waals surface area contributed by atoms with Crippen molar-refractivity contribution in [1.29, 1.82) is 0 Å². The van der Waals surface area contributed by atoms with Gasteiger partial charge in [-0.2, -0.15) is 0 Å². The number of nitrogens with zero attached hydrogens (tertiary/aromatic N) is 1. The Morgan fingerprint density at radius 2 is 2.06 bits per heavy atom. The van der Waals surface area contributed by atoms with Crippen molar-refractivity contribution >= 4 is 24.0 Å². The van der Waals surface area contributed by atoms with Gasteiger partial charge in [0.25, 0.3) is 0 Å². The van der Waals surface area contributed by atoms with Crippen molar-refractivity contribution in [3.63, 3.8) is 0 Å². The molecule has 1 aromatic carbocycles. The predicted octanol–water partition coefficient (Wildman–Crippen LogP) is 3.03. The van der Waals surface area contributed by atoms with E-state index in [9.17, 15) is 4.39 Å². The number of piperazine rings is 1. The van der Waals surface area contributed by atoms with Gasteiger partial charge in [-0.05, 0) is 11.6 Å². The molecule has 2 nitrogen and oxygen atoms in total. The van der Waals surface area contributed by atoms with Crippen LogP contribution in [-0.4, -0.2) is 31.1 Å². The summed E-state index contributed by atoms with van der Waals surface area (Å²) in [5.41, 5.74) is 0.795. The molecule has 18 heavy (non-hydrogen) atoms. The monoisotopic (exact) mass is 290 g/mol. The fourth-order valence-corrected chi connectivity index (χ4v) is 2.42. The lowest BCUT2D eigenvalue weighted by molar-refractivity contribution is 0.203. The zero-order valence-corrected chi connectivity index (χ0v) is 11.6. The minimum absolute atomic E-state index is 0. The molecule has 0 aliphatic carbocycles. The first-order valence-electron chi connectivity index (χ1n) is 5.75. The first-order valence-corrected chi connectivity index (χ1v) is 6.13. The third-order valence-corrected chi connectivity index (χ3v) is 3.47. The van der Waals surface area contributed by atoms with Gasteiger partial charge in [-0.15, -0.1) is 19.0 Å². The highest BCUT2D eigenvalue weighted by molar-refractivity contribution is 6.31. The van der Waals surface area contributed by atoms with Gasteiger partial charge in [-0.3, -0.25) is 4.90 Å². The maximum atomic E-state index is 13.4. The first kappa shape index (κ1) is 15.4. The fourth-order valence-electron chi connectivity index (χ4n) is 2.18. The van der Waals surface area contributed by atoms with E-state index in [-0.39, 0.29) is 29.3 Å². The van der Waals surface area contributed by atoms with Gasteiger partial charge in [0, 0.05) is 26.2 Å². The topological polar surface area (TPSA) is 15.3 Å². The van der Waals surface area contributed by atoms with Crippen LogP contribution in [0.25, 0.3) is 0 Å². The quantitative estimate of drug-likeness (QED) is 0.861. The molecule has 2 rings (SSSR count). The van der Waals surface area contributed by atoms with E-state index in [1.807, 2.05) is 12.1 Å². The van der Waals surface area contributed by atoms with Crippen LogP contribution in [0.1, 0.15) is 11.6 Å². The Bertz CT molecular complexity index is 406. The molecule has 0 saturated carbocycles. The third kappa shape index (κ3) is 3.23. The second-order valence-electron chi connectivity index (χ2n) is 4.11. The summed E-state index contributed by atoms with van der Waals surface area (Å²) in [5.74, 6) is -0.369. The maximum Gasteiger partial charge on any atom is 0.142 e. The minimum Gasteiger partial charge on any atom is -0.314 e. The Kier molecular flexibility index (Phi) is 6.09. The molecule has 0 aromatic heterocycles. The van der Waals surface area contributed by atoms with Crippen LogP contribution in [0.2, 0.25) is 5.02 Å². The number of hydrogen-bond acceptors (Lipinski definition) is 2. The molecule has 0 bridgehead atoms. The second kappa shape index (κ2) is 7.10. The molecule has 1 saturated heterocycles. The molecule has 1 heterocycles. The average Bonchev–Trinajstić information content (AvgIpc) is 2.37. The Balaban J connectivity index is 0.00000162. The molecule has 0 amide bonds. The number of benzene rings is 1. The van der Waals surface area contributed by atoms with Gasteiger partial charge in [0.05, 0.1) is 11.1 Å². The standard InChI is InChI=1S/C13H16ClFN2.ClH/c1-2-12(17-8-6-16-7-9-17)10-4-3-5-11(15)13(10)14;/h2-5,12,16H,1,6-9H2;1H/t12-;/m0./s1. The van der Waals surface area contributed by atoms with Crippen LogP contribution in [0.4, 0.5) is 4.39 Å². The highest BCUT2D eigenvalue weighted by Gasteiger charge is 2.22. The van der Waals surface area contributed by atoms with Crippen LogP contribution >= 0.6 is 24.0 Å². The van der Waals surface area contributed by atoms with Crippen LogP contribution in [0.3, 0.4) is 0 Å². The SMILES string of the molecule is C=C[C@@H](c1cccc(F)c1Cl)N1CCNCC1.Cl. The van der Waals surface area contributed by atoms with E-state index < -0.39 is 0 Å². The van der Waals surface area contributed by atoms with E-state index >= 15 is 0 Å². The molecular formula is C13H17Cl2FN2. The molecule has 5 heteroatoms. The summed E-state index contributed by atoms with van der Waals surface area (Å²) in [5, 5.41) is 3.49. The number of hydrogen-bond donors (Lipinski definition) is 1. The summed E-state index contributed by atoms with van der Waals surface area (Å²) in [6.07, 6.45) is 1.83. The summed E-state index contributed by atoms with van der Waals surface area (Å²) in [7, 11) is 0. The van der Waals surface area contributed by atoms with Crippen LogP contribution in [0, 0.1) is 5.82 Å². The maximum absolute atomic E-state index is 13.4. The van der Waals surface area contributed by atoms with Crippen LogP contribution < -0.4 is 5.32 Å². The van der Waals surface area contributed by atoms with Gasteiger partial charge < -0.3 is 5.32 Å². The zero-order valence-electron chi connectivity index (χ0n) is 10.0. The van der Waals surface area contributed by atoms with Crippen molar-refractivity contribution in [3.8, 4) is 0 Å². The van der Waals surface area contributed by atoms with Gasteiger partial charge in [0.2, 0.25) is 0 Å². The largest absolute Gasteiger partial charge is 0.314 e. The van der Waals surface area contributed by atoms with Gasteiger partial charge in [-0.25, -0.2) is 4.39 Å². The van der Waals surface area contributed by atoms with E-state index in [0.29, 0.717) is 0 Å². The summed E-state index contributed by atoms with van der Waals surface area (Å²) in [4.78, 5) is 2.25. The van der Waals surface area contributed by atoms with E-state index in [4.69, 9.17) is 11.6 Å². The van der Waals surface area contributed by atoms with Crippen LogP contribution in [-0.2, 0) is 0 Å². The summed E-state index contributed by atoms with van der Waals surface area (Å²) in [6.45, 7) is 7.56. The van der Waals surface area contributed by atoms with Gasteiger partial charge in [0.1, 0.15) is 5.82 Å². The van der Waals surface area contributed by atoms with Gasteiger partial charge in [-0.1, -0.05) is 29.8 Å². The number of nitrogens with one attached hydrogen (secondary N) is 1. The predicted molar refractivity (Wildman–Crippen MR) is 76.0 cm³/mol. The van der Waals surface area contributed by atoms with E-state index in [2.05, 4.69) is 16.8 Å². The number of halogens is 3. The van der Waals surface area contributed by atoms with Crippen molar-refractivity contribution in [2.45, 2.75) is 6.04 Å². The highest BCUT2D eigenvalue weighted by Crippen LogP contribution is 2.30. The molecular weight excluding hydrogens is 274 g/mol. The Morgan fingerprint density at radius 3 is 2.67 bits per heavy atom. The lowest BCUT2D eigenvalue weighted by Gasteiger charge is -2.33. The Labute approximate surface area is 118 Å². The lowest BCUT2D eigenvalue weighted by atomic mass is 10.0. The van der Waals surface area contributed by atoms with Crippen molar-refractivity contribution in [1.82, 2.24) is 10.2 Å². The van der Waals surface area contributed by atoms with E-state index in [1.165, 1.54) is 6.07 Å². The van der Waals surface area contributed by atoms with E-state index in [1.54, 1.807) is 6.07 Å². The summed E-state index contributed by atoms with van der Waals surface area (Å²) in [6, 6.07) is 4.92. The van der Waals surface area contributed by atoms with Crippen LogP contribution in [0.5, 0.6) is 0 Å². The summed E-state index contributed by atoms with van der Waals surface area (Å²) < 4.78 is 13.4. The lowest BCUT2D eigenvalue weighted by Crippen LogP contribution is -2.44. The Morgan fingerprint density at radius 1 is 1.39 bits per heavy atom. The summed E-state index contributed by atoms with van der Waals surface area (Å²) >= 11 is 6.02. The Hall–Kier alpha value is -0.610. The fraction of sp³-hybridized carbons (Fsp3) is 0.385. The smallest absolute Gasteiger partial charge is 0.142 e. The first-order chi connectivity index (χ1) is 8.24. The van der Waals surface area contributed by atoms with Crippen molar-refractivity contribution in [3.05, 3.63) is 47.3 Å². The number of rotatable bonds is 3. The average molecular weight is 291 g/mol. The molecule has 100 valence electrons. The molecule has 1 aromatic rings. The molecule has 1 fully saturated rings. The van der Waals surface area contributed by atoms with Crippen molar-refractivity contribution < 1.29 is 4.39 Å².